The average molecular weight is 123 g/mol. The van der Waals surface area contributed by atoms with Crippen LogP contribution in [0.3, 0.4) is 0 Å². The predicted octanol–water partition coefficient (Wildman–Crippen LogP) is -0.0202. The molecule has 0 aromatic heterocycles. The molecule has 0 unspecified atom stereocenters. The molecular weight excluding hydrogens is 116 g/mol. The fraction of sp³-hybridized carbons (Fsp3) is 0.500. The summed E-state index contributed by atoms with van der Waals surface area (Å²) < 4.78 is 0. The van der Waals surface area contributed by atoms with Gasteiger partial charge in [0.2, 0.25) is 5.91 Å². The summed E-state index contributed by atoms with van der Waals surface area (Å²) in [4.78, 5) is 10.4. The van der Waals surface area contributed by atoms with Gasteiger partial charge in [0, 0.05) is 0 Å². The molecule has 0 aromatic rings. The van der Waals surface area contributed by atoms with Gasteiger partial charge in [0.1, 0.15) is 0 Å². The van der Waals surface area contributed by atoms with Crippen molar-refractivity contribution in [3.05, 3.63) is 5.92 Å². The van der Waals surface area contributed by atoms with Gasteiger partial charge in [-0.2, -0.15) is 5.26 Å². The van der Waals surface area contributed by atoms with Crippen molar-refractivity contribution in [2.45, 2.75) is 12.8 Å². The second-order valence-electron chi connectivity index (χ2n) is 2.16. The van der Waals surface area contributed by atoms with Crippen LogP contribution < -0.4 is 5.73 Å². The van der Waals surface area contributed by atoms with E-state index in [2.05, 4.69) is 0 Å². The zero-order valence-corrected chi connectivity index (χ0v) is 4.92. The molecule has 3 nitrogen and oxygen atoms in total. The second-order valence-corrected chi connectivity index (χ2v) is 2.16. The fourth-order valence-corrected chi connectivity index (χ4v) is 0.720. The van der Waals surface area contributed by atoms with E-state index in [9.17, 15) is 4.79 Å². The number of carbonyl (C=O) groups excluding carboxylic acids is 1. The van der Waals surface area contributed by atoms with Crippen LogP contribution in [0.2, 0.25) is 0 Å². The first-order valence-electron chi connectivity index (χ1n) is 2.82. The van der Waals surface area contributed by atoms with Gasteiger partial charge in [0.15, 0.2) is 5.92 Å². The number of hydrogen-bond acceptors (Lipinski definition) is 2. The molecule has 0 heterocycles. The van der Waals surface area contributed by atoms with Crippen molar-refractivity contribution in [2.75, 3.05) is 0 Å². The minimum Gasteiger partial charge on any atom is -0.368 e. The van der Waals surface area contributed by atoms with Gasteiger partial charge in [0.05, 0.1) is 6.07 Å². The lowest BCUT2D eigenvalue weighted by Crippen LogP contribution is -2.21. The lowest BCUT2D eigenvalue weighted by atomic mass is 10.1. The Morgan fingerprint density at radius 3 is 2.33 bits per heavy atom. The van der Waals surface area contributed by atoms with Gasteiger partial charge in [-0.15, -0.1) is 0 Å². The average Bonchev–Trinajstić information content (AvgIpc) is 2.50. The van der Waals surface area contributed by atoms with Crippen LogP contribution >= 0.6 is 0 Å². The molecule has 0 atom stereocenters. The number of nitrogens with zero attached hydrogens (tertiary/aromatic N) is 1. The molecule has 1 rings (SSSR count). The lowest BCUT2D eigenvalue weighted by molar-refractivity contribution is -0.116. The largest absolute Gasteiger partial charge is 0.368 e. The van der Waals surface area contributed by atoms with Crippen molar-refractivity contribution < 1.29 is 4.79 Å². The molecule has 2 N–H and O–H groups in total. The lowest BCUT2D eigenvalue weighted by Gasteiger charge is -1.96. The molecule has 0 saturated heterocycles. The fourth-order valence-electron chi connectivity index (χ4n) is 0.720. The number of rotatable bonds is 2. The van der Waals surface area contributed by atoms with E-state index in [4.69, 9.17) is 11.0 Å². The van der Waals surface area contributed by atoms with Crippen LogP contribution in [0.1, 0.15) is 12.8 Å². The highest BCUT2D eigenvalue weighted by molar-refractivity contribution is 5.92. The van der Waals surface area contributed by atoms with Crippen LogP contribution in [0.5, 0.6) is 0 Å². The van der Waals surface area contributed by atoms with Gasteiger partial charge in [-0.3, -0.25) is 4.79 Å². The maximum absolute atomic E-state index is 10.4. The van der Waals surface area contributed by atoms with Crippen LogP contribution in [0.25, 0.3) is 0 Å². The normalized spacial score (nSPS) is 17.3. The smallest absolute Gasteiger partial charge is 0.240 e. The Morgan fingerprint density at radius 2 is 2.22 bits per heavy atom. The van der Waals surface area contributed by atoms with Crippen LogP contribution in [-0.4, -0.2) is 5.91 Å². The van der Waals surface area contributed by atoms with E-state index in [1.165, 1.54) is 0 Å². The zero-order valence-electron chi connectivity index (χ0n) is 4.92. The van der Waals surface area contributed by atoms with Gasteiger partial charge in [-0.25, -0.2) is 0 Å². The van der Waals surface area contributed by atoms with Crippen molar-refractivity contribution in [1.29, 1.82) is 5.26 Å². The Labute approximate surface area is 53.5 Å². The highest BCUT2D eigenvalue weighted by Gasteiger charge is 2.35. The second kappa shape index (κ2) is 2.06. The first-order valence-corrected chi connectivity index (χ1v) is 2.82. The minimum atomic E-state index is -0.556. The Morgan fingerprint density at radius 1 is 1.67 bits per heavy atom. The first-order chi connectivity index (χ1) is 4.25. The number of primary amides is 1. The molecule has 1 aliphatic carbocycles. The van der Waals surface area contributed by atoms with E-state index in [0.29, 0.717) is 0 Å². The Bertz CT molecular complexity index is 166. The molecule has 1 radical (unpaired) electrons. The Hall–Kier alpha value is -1.04. The SMILES string of the molecule is N#C[C](C(N)=O)C1CC1. The van der Waals surface area contributed by atoms with Gasteiger partial charge in [0.25, 0.3) is 0 Å². The number of nitrogens with two attached hydrogens (primary N) is 1. The third-order valence-corrected chi connectivity index (χ3v) is 1.37. The van der Waals surface area contributed by atoms with Crippen LogP contribution in [-0.2, 0) is 4.79 Å². The summed E-state index contributed by atoms with van der Waals surface area (Å²) in [7, 11) is 0. The van der Waals surface area contributed by atoms with E-state index in [-0.39, 0.29) is 11.8 Å². The highest BCUT2D eigenvalue weighted by Crippen LogP contribution is 2.37. The molecule has 1 fully saturated rings. The summed E-state index contributed by atoms with van der Waals surface area (Å²) in [6.07, 6.45) is 1.90. The quantitative estimate of drug-likeness (QED) is 0.560. The molecule has 0 bridgehead atoms. The molecule has 1 aliphatic rings. The number of hydrogen-bond donors (Lipinski definition) is 1. The van der Waals surface area contributed by atoms with Crippen molar-refractivity contribution in [3.63, 3.8) is 0 Å². The van der Waals surface area contributed by atoms with Gasteiger partial charge < -0.3 is 5.73 Å². The summed E-state index contributed by atoms with van der Waals surface area (Å²) >= 11 is 0. The summed E-state index contributed by atoms with van der Waals surface area (Å²) in [5.74, 6) is -0.123. The summed E-state index contributed by atoms with van der Waals surface area (Å²) in [6.45, 7) is 0. The Kier molecular flexibility index (Phi) is 1.39. The monoisotopic (exact) mass is 123 g/mol. The maximum atomic E-state index is 10.4. The van der Waals surface area contributed by atoms with E-state index >= 15 is 0 Å². The van der Waals surface area contributed by atoms with Crippen LogP contribution in [0.4, 0.5) is 0 Å². The van der Waals surface area contributed by atoms with Crippen LogP contribution in [0, 0.1) is 23.2 Å². The van der Waals surface area contributed by atoms with Crippen molar-refractivity contribution >= 4 is 5.91 Å². The summed E-state index contributed by atoms with van der Waals surface area (Å²) in [6, 6.07) is 1.81. The predicted molar refractivity (Wildman–Crippen MR) is 30.8 cm³/mol. The third-order valence-electron chi connectivity index (χ3n) is 1.37. The molecule has 0 spiro atoms. The standard InChI is InChI=1S/C6H7N2O/c7-3-5(6(8)9)4-1-2-4/h4H,1-2H2,(H2,8,9). The topological polar surface area (TPSA) is 66.9 Å². The minimum absolute atomic E-state index is 0.187. The Balaban J connectivity index is 2.50. The molecule has 0 aliphatic heterocycles. The molecule has 9 heavy (non-hydrogen) atoms. The molecule has 0 aromatic carbocycles. The van der Waals surface area contributed by atoms with E-state index in [1.54, 1.807) is 6.07 Å². The zero-order chi connectivity index (χ0) is 6.85. The molecule has 3 heteroatoms. The van der Waals surface area contributed by atoms with Crippen molar-refractivity contribution in [1.82, 2.24) is 0 Å². The molecule has 47 valence electrons. The highest BCUT2D eigenvalue weighted by atomic mass is 16.1. The van der Waals surface area contributed by atoms with Gasteiger partial charge in [-0.05, 0) is 18.8 Å². The first kappa shape index (κ1) is 6.09. The van der Waals surface area contributed by atoms with Crippen molar-refractivity contribution in [3.8, 4) is 6.07 Å². The summed E-state index contributed by atoms with van der Waals surface area (Å²) in [5, 5.41) is 8.32. The van der Waals surface area contributed by atoms with E-state index in [1.807, 2.05) is 0 Å². The van der Waals surface area contributed by atoms with Crippen LogP contribution in [0.15, 0.2) is 0 Å². The van der Waals surface area contributed by atoms with E-state index < -0.39 is 5.91 Å². The van der Waals surface area contributed by atoms with E-state index in [0.717, 1.165) is 12.8 Å². The van der Waals surface area contributed by atoms with Gasteiger partial charge >= 0.3 is 0 Å². The number of amides is 1. The molecule has 1 amide bonds. The number of nitriles is 1. The number of carbonyl (C=O) groups is 1. The molecular formula is C6H7N2O. The van der Waals surface area contributed by atoms with Gasteiger partial charge in [-0.1, -0.05) is 0 Å². The summed E-state index contributed by atoms with van der Waals surface area (Å²) in [5.41, 5.74) is 4.89. The molecule has 1 saturated carbocycles. The third kappa shape index (κ3) is 1.20. The van der Waals surface area contributed by atoms with Crippen molar-refractivity contribution in [2.24, 2.45) is 11.7 Å². The maximum Gasteiger partial charge on any atom is 0.240 e.